The fourth-order valence-corrected chi connectivity index (χ4v) is 4.31. The molecule has 0 saturated carbocycles. The van der Waals surface area contributed by atoms with Crippen LogP contribution in [0.15, 0.2) is 42.5 Å². The molecule has 0 aliphatic carbocycles. The van der Waals surface area contributed by atoms with E-state index in [0.717, 1.165) is 29.0 Å². The van der Waals surface area contributed by atoms with Gasteiger partial charge in [-0.15, -0.1) is 11.3 Å². The highest BCUT2D eigenvalue weighted by Crippen LogP contribution is 2.33. The normalized spacial score (nSPS) is 13.3. The van der Waals surface area contributed by atoms with Gasteiger partial charge in [0.1, 0.15) is 9.88 Å². The average Bonchev–Trinajstić information content (AvgIpc) is 3.18. The molecule has 4 rings (SSSR count). The van der Waals surface area contributed by atoms with E-state index in [0.29, 0.717) is 40.4 Å². The number of fused-ring (bicyclic) bond motifs is 1. The van der Waals surface area contributed by atoms with Gasteiger partial charge in [-0.2, -0.15) is 13.2 Å². The summed E-state index contributed by atoms with van der Waals surface area (Å²) in [5.41, 5.74) is 1.89. The number of esters is 1. The van der Waals surface area contributed by atoms with E-state index >= 15 is 0 Å². The van der Waals surface area contributed by atoms with Crippen LogP contribution >= 0.6 is 11.3 Å². The van der Waals surface area contributed by atoms with E-state index in [1.165, 1.54) is 12.1 Å². The molecule has 1 amide bonds. The van der Waals surface area contributed by atoms with Gasteiger partial charge in [0, 0.05) is 23.2 Å². The Labute approximate surface area is 190 Å². The van der Waals surface area contributed by atoms with E-state index in [2.05, 4.69) is 10.3 Å². The standard InChI is InChI=1S/C23H17F3N2O4S/c1-12-20(33-21(27-12)13-2-6-16(7-3-13)23(24,25)26)22(31)32-11-18(29)15-4-8-17-14(10-15)5-9-19(30)28-17/h2-4,6-8,10H,5,9,11H2,1H3,(H,28,30). The molecular formula is C23H17F3N2O4S. The molecule has 1 aromatic heterocycles. The number of ether oxygens (including phenoxy) is 1. The Morgan fingerprint density at radius 3 is 2.55 bits per heavy atom. The Kier molecular flexibility index (Phi) is 6.03. The second kappa shape index (κ2) is 8.78. The van der Waals surface area contributed by atoms with Gasteiger partial charge >= 0.3 is 12.1 Å². The van der Waals surface area contributed by atoms with E-state index in [1.54, 1.807) is 25.1 Å². The first-order valence-corrected chi connectivity index (χ1v) is 10.7. The van der Waals surface area contributed by atoms with E-state index in [1.807, 2.05) is 0 Å². The van der Waals surface area contributed by atoms with Gasteiger partial charge in [0.05, 0.1) is 11.3 Å². The third-order valence-electron chi connectivity index (χ3n) is 5.10. The summed E-state index contributed by atoms with van der Waals surface area (Å²) in [4.78, 5) is 40.9. The molecule has 170 valence electrons. The predicted octanol–water partition coefficient (Wildman–Crippen LogP) is 5.06. The lowest BCUT2D eigenvalue weighted by Gasteiger charge is -2.17. The molecular weight excluding hydrogens is 457 g/mol. The quantitative estimate of drug-likeness (QED) is 0.413. The number of aromatic nitrogens is 1. The highest BCUT2D eigenvalue weighted by Gasteiger charge is 2.30. The van der Waals surface area contributed by atoms with Crippen LogP contribution in [0.1, 0.15) is 43.3 Å². The molecule has 0 radical (unpaired) electrons. The van der Waals surface area contributed by atoms with Gasteiger partial charge in [-0.3, -0.25) is 9.59 Å². The lowest BCUT2D eigenvalue weighted by atomic mass is 9.99. The first-order chi connectivity index (χ1) is 15.6. The Balaban J connectivity index is 1.42. The molecule has 0 spiro atoms. The maximum absolute atomic E-state index is 12.7. The number of nitrogens with zero attached hydrogens (tertiary/aromatic N) is 1. The lowest BCUT2D eigenvalue weighted by Crippen LogP contribution is -2.20. The van der Waals surface area contributed by atoms with Gasteiger partial charge in [0.25, 0.3) is 0 Å². The van der Waals surface area contributed by atoms with Gasteiger partial charge in [-0.25, -0.2) is 9.78 Å². The van der Waals surface area contributed by atoms with Crippen LogP contribution in [0.4, 0.5) is 18.9 Å². The Morgan fingerprint density at radius 1 is 1.12 bits per heavy atom. The van der Waals surface area contributed by atoms with Gasteiger partial charge in [-0.1, -0.05) is 12.1 Å². The van der Waals surface area contributed by atoms with E-state index in [-0.39, 0.29) is 10.8 Å². The average molecular weight is 474 g/mol. The Bertz CT molecular complexity index is 1250. The second-order valence-corrected chi connectivity index (χ2v) is 8.43. The molecule has 1 N–H and O–H groups in total. The topological polar surface area (TPSA) is 85.4 Å². The largest absolute Gasteiger partial charge is 0.453 e. The van der Waals surface area contributed by atoms with Crippen LogP contribution in [0.3, 0.4) is 0 Å². The molecule has 0 unspecified atom stereocenters. The zero-order valence-electron chi connectivity index (χ0n) is 17.3. The number of rotatable bonds is 5. The monoisotopic (exact) mass is 474 g/mol. The number of thiazole rings is 1. The number of aryl methyl sites for hydroxylation is 2. The minimum Gasteiger partial charge on any atom is -0.453 e. The number of Topliss-reactive ketones (excluding diaryl/α,β-unsaturated/α-hetero) is 1. The third-order valence-corrected chi connectivity index (χ3v) is 6.28. The zero-order chi connectivity index (χ0) is 23.8. The van der Waals surface area contributed by atoms with Crippen LogP contribution in [-0.4, -0.2) is 29.3 Å². The number of alkyl halides is 3. The van der Waals surface area contributed by atoms with E-state index < -0.39 is 30.1 Å². The van der Waals surface area contributed by atoms with Gasteiger partial charge in [-0.05, 0) is 49.2 Å². The van der Waals surface area contributed by atoms with Gasteiger partial charge < -0.3 is 10.1 Å². The van der Waals surface area contributed by atoms with Crippen LogP contribution in [0, 0.1) is 6.92 Å². The molecule has 0 atom stereocenters. The van der Waals surface area contributed by atoms with Crippen LogP contribution < -0.4 is 5.32 Å². The smallest absolute Gasteiger partial charge is 0.416 e. The number of hydrogen-bond donors (Lipinski definition) is 1. The molecule has 3 aromatic rings. The van der Waals surface area contributed by atoms with Gasteiger partial charge in [0.2, 0.25) is 5.91 Å². The van der Waals surface area contributed by atoms with Crippen molar-refractivity contribution in [1.82, 2.24) is 4.98 Å². The maximum Gasteiger partial charge on any atom is 0.416 e. The molecule has 10 heteroatoms. The highest BCUT2D eigenvalue weighted by atomic mass is 32.1. The Hall–Kier alpha value is -3.53. The number of carbonyl (C=O) groups is 3. The summed E-state index contributed by atoms with van der Waals surface area (Å²) < 4.78 is 43.4. The summed E-state index contributed by atoms with van der Waals surface area (Å²) >= 11 is 0.982. The third kappa shape index (κ3) is 4.95. The summed E-state index contributed by atoms with van der Waals surface area (Å²) in [6.45, 7) is 1.11. The van der Waals surface area contributed by atoms with Crippen molar-refractivity contribution in [2.75, 3.05) is 11.9 Å². The Morgan fingerprint density at radius 2 is 1.85 bits per heavy atom. The number of benzene rings is 2. The lowest BCUT2D eigenvalue weighted by molar-refractivity contribution is -0.137. The van der Waals surface area contributed by atoms with Crippen molar-refractivity contribution in [3.63, 3.8) is 0 Å². The maximum atomic E-state index is 12.7. The zero-order valence-corrected chi connectivity index (χ0v) is 18.1. The molecule has 0 bridgehead atoms. The first-order valence-electron chi connectivity index (χ1n) is 9.90. The van der Waals surface area contributed by atoms with Gasteiger partial charge in [0.15, 0.2) is 12.4 Å². The van der Waals surface area contributed by atoms with Crippen LogP contribution in [0.5, 0.6) is 0 Å². The van der Waals surface area contributed by atoms with Crippen LogP contribution in [0.2, 0.25) is 0 Å². The second-order valence-electron chi connectivity index (χ2n) is 7.43. The summed E-state index contributed by atoms with van der Waals surface area (Å²) in [7, 11) is 0. The molecule has 1 aliphatic heterocycles. The predicted molar refractivity (Wildman–Crippen MR) is 115 cm³/mol. The van der Waals surface area contributed by atoms with Crippen molar-refractivity contribution in [2.45, 2.75) is 25.9 Å². The molecule has 2 aromatic carbocycles. The number of hydrogen-bond acceptors (Lipinski definition) is 6. The molecule has 0 saturated heterocycles. The molecule has 33 heavy (non-hydrogen) atoms. The summed E-state index contributed by atoms with van der Waals surface area (Å²) in [6, 6.07) is 9.36. The number of nitrogens with one attached hydrogen (secondary N) is 1. The molecule has 6 nitrogen and oxygen atoms in total. The van der Waals surface area contributed by atoms with E-state index in [9.17, 15) is 27.6 Å². The van der Waals surface area contributed by atoms with Crippen LogP contribution in [0.25, 0.3) is 10.6 Å². The number of amides is 1. The van der Waals surface area contributed by atoms with Crippen LogP contribution in [-0.2, 0) is 22.1 Å². The van der Waals surface area contributed by atoms with Crippen molar-refractivity contribution in [2.24, 2.45) is 0 Å². The summed E-state index contributed by atoms with van der Waals surface area (Å²) in [5.74, 6) is -1.21. The number of anilines is 1. The van der Waals surface area contributed by atoms with Crippen molar-refractivity contribution in [3.05, 3.63) is 69.7 Å². The summed E-state index contributed by atoms with van der Waals surface area (Å²) in [6.07, 6.45) is -3.58. The fourth-order valence-electron chi connectivity index (χ4n) is 3.35. The molecule has 0 fully saturated rings. The van der Waals surface area contributed by atoms with Crippen molar-refractivity contribution in [1.29, 1.82) is 0 Å². The number of halogens is 3. The van der Waals surface area contributed by atoms with Crippen molar-refractivity contribution in [3.8, 4) is 10.6 Å². The fraction of sp³-hybridized carbons (Fsp3) is 0.217. The summed E-state index contributed by atoms with van der Waals surface area (Å²) in [5, 5.41) is 3.10. The first kappa shape index (κ1) is 22.7. The van der Waals surface area contributed by atoms with Crippen molar-refractivity contribution < 1.29 is 32.3 Å². The molecule has 2 heterocycles. The van der Waals surface area contributed by atoms with Crippen molar-refractivity contribution >= 4 is 34.7 Å². The number of carbonyl (C=O) groups excluding carboxylic acids is 3. The number of ketones is 1. The molecule has 1 aliphatic rings. The SMILES string of the molecule is Cc1nc(-c2ccc(C(F)(F)F)cc2)sc1C(=O)OCC(=O)c1ccc2c(c1)CCC(=O)N2. The highest BCUT2D eigenvalue weighted by molar-refractivity contribution is 7.17. The minimum atomic E-state index is -4.44. The minimum absolute atomic E-state index is 0.0777. The van der Waals surface area contributed by atoms with E-state index in [4.69, 9.17) is 4.74 Å².